The summed E-state index contributed by atoms with van der Waals surface area (Å²) in [5.41, 5.74) is 1.32. The minimum Gasteiger partial charge on any atom is -0.464 e. The maximum Gasteiger partial charge on any atom is 0.135 e. The SMILES string of the molecule is N#Cc1ccc2[c]coc2c1. The fraction of sp³-hybridized carbons (Fsp3) is 0. The molecule has 2 aromatic rings. The quantitative estimate of drug-likeness (QED) is 0.564. The molecule has 1 aromatic carbocycles. The van der Waals surface area contributed by atoms with Crippen molar-refractivity contribution >= 4 is 11.0 Å². The first-order valence-corrected chi connectivity index (χ1v) is 3.19. The van der Waals surface area contributed by atoms with Gasteiger partial charge < -0.3 is 4.42 Å². The molecule has 2 rings (SSSR count). The van der Waals surface area contributed by atoms with Crippen molar-refractivity contribution in [1.29, 1.82) is 5.26 Å². The van der Waals surface area contributed by atoms with Crippen LogP contribution in [0.1, 0.15) is 5.56 Å². The van der Waals surface area contributed by atoms with Crippen molar-refractivity contribution in [2.24, 2.45) is 0 Å². The van der Waals surface area contributed by atoms with Crippen LogP contribution in [-0.4, -0.2) is 0 Å². The molecule has 0 aliphatic rings. The molecule has 11 heavy (non-hydrogen) atoms. The van der Waals surface area contributed by atoms with Crippen LogP contribution in [0.15, 0.2) is 28.9 Å². The second-order valence-electron chi connectivity index (χ2n) is 2.20. The van der Waals surface area contributed by atoms with Gasteiger partial charge in [-0.3, -0.25) is 0 Å². The summed E-state index contributed by atoms with van der Waals surface area (Å²) in [7, 11) is 0. The maximum absolute atomic E-state index is 8.53. The van der Waals surface area contributed by atoms with E-state index in [1.54, 1.807) is 12.1 Å². The average molecular weight is 142 g/mol. The molecular formula is C9H4NO. The maximum atomic E-state index is 8.53. The highest BCUT2D eigenvalue weighted by Gasteiger charge is 1.96. The van der Waals surface area contributed by atoms with E-state index in [1.165, 1.54) is 6.26 Å². The van der Waals surface area contributed by atoms with Crippen LogP contribution >= 0.6 is 0 Å². The molecule has 1 radical (unpaired) electrons. The van der Waals surface area contributed by atoms with Gasteiger partial charge in [0.2, 0.25) is 0 Å². The van der Waals surface area contributed by atoms with Gasteiger partial charge in [-0.25, -0.2) is 0 Å². The van der Waals surface area contributed by atoms with Gasteiger partial charge in [-0.2, -0.15) is 5.26 Å². The van der Waals surface area contributed by atoms with Crippen LogP contribution < -0.4 is 0 Å². The van der Waals surface area contributed by atoms with E-state index in [0.717, 1.165) is 5.39 Å². The predicted molar refractivity (Wildman–Crippen MR) is 39.8 cm³/mol. The molecule has 0 fully saturated rings. The largest absolute Gasteiger partial charge is 0.464 e. The molecule has 0 aliphatic heterocycles. The fourth-order valence-electron chi connectivity index (χ4n) is 0.965. The zero-order chi connectivity index (χ0) is 7.68. The highest BCUT2D eigenvalue weighted by molar-refractivity contribution is 5.77. The molecule has 1 heterocycles. The second kappa shape index (κ2) is 2.14. The van der Waals surface area contributed by atoms with Crippen LogP contribution in [0.2, 0.25) is 0 Å². The summed E-state index contributed by atoms with van der Waals surface area (Å²) in [4.78, 5) is 0. The van der Waals surface area contributed by atoms with Crippen molar-refractivity contribution in [1.82, 2.24) is 0 Å². The lowest BCUT2D eigenvalue weighted by Gasteiger charge is -1.86. The van der Waals surface area contributed by atoms with Gasteiger partial charge in [-0.1, -0.05) is 0 Å². The van der Waals surface area contributed by atoms with E-state index in [0.29, 0.717) is 11.1 Å². The summed E-state index contributed by atoms with van der Waals surface area (Å²) in [5, 5.41) is 9.44. The normalized spacial score (nSPS) is 9.73. The van der Waals surface area contributed by atoms with E-state index in [1.807, 2.05) is 12.1 Å². The Labute approximate surface area is 63.7 Å². The van der Waals surface area contributed by atoms with Crippen LogP contribution in [0.3, 0.4) is 0 Å². The topological polar surface area (TPSA) is 36.9 Å². The third-order valence-corrected chi connectivity index (χ3v) is 1.51. The van der Waals surface area contributed by atoms with E-state index < -0.39 is 0 Å². The van der Waals surface area contributed by atoms with Crippen molar-refractivity contribution in [3.05, 3.63) is 36.1 Å². The van der Waals surface area contributed by atoms with Crippen LogP contribution in [0, 0.1) is 17.4 Å². The molecule has 0 spiro atoms. The Kier molecular flexibility index (Phi) is 1.16. The van der Waals surface area contributed by atoms with E-state index in [-0.39, 0.29) is 0 Å². The number of nitrogens with zero attached hydrogens (tertiary/aromatic N) is 1. The molecule has 0 unspecified atom stereocenters. The Morgan fingerprint density at radius 1 is 1.45 bits per heavy atom. The van der Waals surface area contributed by atoms with Crippen molar-refractivity contribution in [3.8, 4) is 6.07 Å². The lowest BCUT2D eigenvalue weighted by molar-refractivity contribution is 0.615. The number of rotatable bonds is 0. The van der Waals surface area contributed by atoms with Crippen LogP contribution in [-0.2, 0) is 0 Å². The molecule has 2 nitrogen and oxygen atoms in total. The first-order chi connectivity index (χ1) is 5.40. The number of furan rings is 1. The van der Waals surface area contributed by atoms with Gasteiger partial charge in [0, 0.05) is 11.5 Å². The van der Waals surface area contributed by atoms with Gasteiger partial charge in [0.1, 0.15) is 5.58 Å². The number of hydrogen-bond acceptors (Lipinski definition) is 2. The number of benzene rings is 1. The Bertz CT molecular complexity index is 422. The third-order valence-electron chi connectivity index (χ3n) is 1.51. The number of nitriles is 1. The molecule has 1 aromatic heterocycles. The highest BCUT2D eigenvalue weighted by Crippen LogP contribution is 2.15. The summed E-state index contributed by atoms with van der Waals surface area (Å²) < 4.78 is 5.05. The summed E-state index contributed by atoms with van der Waals surface area (Å²) >= 11 is 0. The molecule has 0 atom stereocenters. The van der Waals surface area contributed by atoms with Crippen molar-refractivity contribution in [2.75, 3.05) is 0 Å². The van der Waals surface area contributed by atoms with Gasteiger partial charge >= 0.3 is 0 Å². The van der Waals surface area contributed by atoms with Crippen molar-refractivity contribution in [2.45, 2.75) is 0 Å². The van der Waals surface area contributed by atoms with Crippen molar-refractivity contribution in [3.63, 3.8) is 0 Å². The molecule has 51 valence electrons. The number of hydrogen-bond donors (Lipinski definition) is 0. The van der Waals surface area contributed by atoms with Crippen LogP contribution in [0.25, 0.3) is 11.0 Å². The molecule has 0 saturated carbocycles. The first kappa shape index (κ1) is 5.99. The predicted octanol–water partition coefficient (Wildman–Crippen LogP) is 2.10. The van der Waals surface area contributed by atoms with Gasteiger partial charge in [0.15, 0.2) is 0 Å². The summed E-state index contributed by atoms with van der Waals surface area (Å²) in [6.45, 7) is 0. The molecular weight excluding hydrogens is 138 g/mol. The molecule has 0 amide bonds. The van der Waals surface area contributed by atoms with Crippen LogP contribution in [0.5, 0.6) is 0 Å². The summed E-state index contributed by atoms with van der Waals surface area (Å²) in [5.74, 6) is 0. The standard InChI is InChI=1S/C9H4NO/c10-6-7-1-2-8-3-4-11-9(8)5-7/h1-2,4-5H. The van der Waals surface area contributed by atoms with Crippen LogP contribution in [0.4, 0.5) is 0 Å². The zero-order valence-corrected chi connectivity index (χ0v) is 5.66. The highest BCUT2D eigenvalue weighted by atomic mass is 16.3. The van der Waals surface area contributed by atoms with E-state index >= 15 is 0 Å². The van der Waals surface area contributed by atoms with Gasteiger partial charge in [-0.05, 0) is 18.2 Å². The van der Waals surface area contributed by atoms with Gasteiger partial charge in [0.05, 0.1) is 17.9 Å². The minimum absolute atomic E-state index is 0.612. The average Bonchev–Trinajstić information content (AvgIpc) is 2.50. The third kappa shape index (κ3) is 0.870. The molecule has 0 aliphatic carbocycles. The van der Waals surface area contributed by atoms with E-state index in [2.05, 4.69) is 6.07 Å². The molecule has 0 saturated heterocycles. The number of fused-ring (bicyclic) bond motifs is 1. The lowest BCUT2D eigenvalue weighted by atomic mass is 10.2. The lowest BCUT2D eigenvalue weighted by Crippen LogP contribution is -1.70. The smallest absolute Gasteiger partial charge is 0.135 e. The van der Waals surface area contributed by atoms with Gasteiger partial charge in [0.25, 0.3) is 0 Å². The Hall–Kier alpha value is -1.75. The van der Waals surface area contributed by atoms with E-state index in [4.69, 9.17) is 9.68 Å². The van der Waals surface area contributed by atoms with E-state index in [9.17, 15) is 0 Å². The van der Waals surface area contributed by atoms with Crippen molar-refractivity contribution < 1.29 is 4.42 Å². The Balaban J connectivity index is 2.79. The van der Waals surface area contributed by atoms with Gasteiger partial charge in [-0.15, -0.1) is 0 Å². The second-order valence-corrected chi connectivity index (χ2v) is 2.20. The monoisotopic (exact) mass is 142 g/mol. The molecule has 2 heteroatoms. The summed E-state index contributed by atoms with van der Waals surface area (Å²) in [6.07, 6.45) is 1.49. The minimum atomic E-state index is 0.612. The Morgan fingerprint density at radius 2 is 2.36 bits per heavy atom. The molecule has 0 bridgehead atoms. The Morgan fingerprint density at radius 3 is 3.18 bits per heavy atom. The fourth-order valence-corrected chi connectivity index (χ4v) is 0.965. The zero-order valence-electron chi connectivity index (χ0n) is 5.66. The molecule has 0 N–H and O–H groups in total. The summed E-state index contributed by atoms with van der Waals surface area (Å²) in [6, 6.07) is 10.2. The first-order valence-electron chi connectivity index (χ1n) is 3.19.